The molecule has 1 aliphatic heterocycles. The first-order valence-electron chi connectivity index (χ1n) is 13.0. The second-order valence-corrected chi connectivity index (χ2v) is 10.5. The summed E-state index contributed by atoms with van der Waals surface area (Å²) in [5, 5.41) is 7.79. The second kappa shape index (κ2) is 12.9. The topological polar surface area (TPSA) is 124 Å². The number of benzene rings is 2. The molecule has 0 radical (unpaired) electrons. The molecule has 4 aromatic rings. The van der Waals surface area contributed by atoms with Crippen LogP contribution in [0.15, 0.2) is 48.7 Å². The monoisotopic (exact) mass is 551 g/mol. The maximum absolute atomic E-state index is 9.89. The van der Waals surface area contributed by atoms with E-state index >= 15 is 0 Å². The molecule has 2 aromatic carbocycles. The normalized spacial score (nSPS) is 13.9. The summed E-state index contributed by atoms with van der Waals surface area (Å²) >= 11 is 0. The number of likely N-dealkylation sites (N-methyl/N-ethyl adjacent to an activating group) is 1. The van der Waals surface area contributed by atoms with Gasteiger partial charge in [-0.25, -0.2) is 13.1 Å². The van der Waals surface area contributed by atoms with Crippen LogP contribution < -0.4 is 20.1 Å². The molecule has 0 bridgehead atoms. The first-order chi connectivity index (χ1) is 18.8. The van der Waals surface area contributed by atoms with Gasteiger partial charge in [0.2, 0.25) is 16.8 Å². The highest BCUT2D eigenvalue weighted by atomic mass is 32.2. The molecule has 10 nitrogen and oxygen atoms in total. The third-order valence-corrected chi connectivity index (χ3v) is 7.37. The summed E-state index contributed by atoms with van der Waals surface area (Å²) in [6.45, 7) is 7.81. The van der Waals surface area contributed by atoms with Crippen LogP contribution >= 0.6 is 0 Å². The summed E-state index contributed by atoms with van der Waals surface area (Å²) in [6.07, 6.45) is 3.74. The maximum Gasteiger partial charge on any atom is 0.231 e. The Morgan fingerprint density at radius 2 is 1.90 bits per heavy atom. The Bertz CT molecular complexity index is 1490. The first-order valence-corrected chi connectivity index (χ1v) is 14.2. The van der Waals surface area contributed by atoms with Gasteiger partial charge in [-0.2, -0.15) is 9.97 Å². The molecular formula is C28H37N7O3S. The van der Waals surface area contributed by atoms with Crippen LogP contribution in [0.25, 0.3) is 11.0 Å². The van der Waals surface area contributed by atoms with Crippen molar-refractivity contribution in [1.29, 1.82) is 0 Å². The van der Waals surface area contributed by atoms with E-state index < -0.39 is 10.9 Å². The van der Waals surface area contributed by atoms with Gasteiger partial charge >= 0.3 is 0 Å². The van der Waals surface area contributed by atoms with E-state index in [0.717, 1.165) is 65.5 Å². The number of H-pyrrole nitrogens is 1. The van der Waals surface area contributed by atoms with E-state index in [1.54, 1.807) is 7.11 Å². The number of aromatic amines is 1. The Labute approximate surface area is 231 Å². The molecule has 0 saturated carbocycles. The van der Waals surface area contributed by atoms with Crippen molar-refractivity contribution in [3.63, 3.8) is 0 Å². The van der Waals surface area contributed by atoms with E-state index in [4.69, 9.17) is 9.72 Å². The second-order valence-electron chi connectivity index (χ2n) is 9.71. The SMILES string of the molecule is CCC(C)N[SH](=O)=O.COc1cc2c(cc1Nc1nc(Nc3ccccc3C)c3cc[nH]c3n1)CN(C)CC2. The number of hydrogen-bond donors (Lipinski definition) is 5. The Balaban J connectivity index is 0.000000386. The van der Waals surface area contributed by atoms with Crippen molar-refractivity contribution >= 4 is 45.1 Å². The summed E-state index contributed by atoms with van der Waals surface area (Å²) in [5.74, 6) is 2.06. The van der Waals surface area contributed by atoms with E-state index in [1.807, 2.05) is 44.3 Å². The Kier molecular flexibility index (Phi) is 9.39. The van der Waals surface area contributed by atoms with Gasteiger partial charge in [0, 0.05) is 31.0 Å². The van der Waals surface area contributed by atoms with Crippen molar-refractivity contribution in [3.05, 3.63) is 65.4 Å². The number of aryl methyl sites for hydroxylation is 1. The summed E-state index contributed by atoms with van der Waals surface area (Å²) in [7, 11) is 1.45. The molecule has 4 N–H and O–H groups in total. The predicted octanol–water partition coefficient (Wildman–Crippen LogP) is 4.65. The predicted molar refractivity (Wildman–Crippen MR) is 158 cm³/mol. The molecular weight excluding hydrogens is 514 g/mol. The molecule has 208 valence electrons. The number of rotatable bonds is 8. The average Bonchev–Trinajstić information content (AvgIpc) is 3.38. The van der Waals surface area contributed by atoms with Crippen molar-refractivity contribution in [2.45, 2.75) is 46.2 Å². The van der Waals surface area contributed by atoms with E-state index in [0.29, 0.717) is 5.95 Å². The highest BCUT2D eigenvalue weighted by Crippen LogP contribution is 2.34. The zero-order valence-electron chi connectivity index (χ0n) is 23.0. The maximum atomic E-state index is 9.89. The number of anilines is 4. The van der Waals surface area contributed by atoms with E-state index in [-0.39, 0.29) is 6.04 Å². The number of methoxy groups -OCH3 is 1. The largest absolute Gasteiger partial charge is 0.495 e. The molecule has 1 atom stereocenters. The number of hydrogen-bond acceptors (Lipinski definition) is 8. The highest BCUT2D eigenvalue weighted by molar-refractivity contribution is 7.70. The van der Waals surface area contributed by atoms with Crippen LogP contribution in [0.5, 0.6) is 5.75 Å². The molecule has 5 rings (SSSR count). The Morgan fingerprint density at radius 1 is 1.10 bits per heavy atom. The lowest BCUT2D eigenvalue weighted by atomic mass is 9.99. The third-order valence-electron chi connectivity index (χ3n) is 6.72. The average molecular weight is 552 g/mol. The molecule has 2 aromatic heterocycles. The van der Waals surface area contributed by atoms with Crippen LogP contribution in [0.3, 0.4) is 0 Å². The minimum atomic E-state index is -2.40. The number of nitrogens with one attached hydrogen (secondary N) is 4. The summed E-state index contributed by atoms with van der Waals surface area (Å²) < 4.78 is 27.8. The summed E-state index contributed by atoms with van der Waals surface area (Å²) in [4.78, 5) is 15.0. The molecule has 0 fully saturated rings. The van der Waals surface area contributed by atoms with Gasteiger partial charge in [-0.05, 0) is 74.7 Å². The molecule has 3 heterocycles. The minimum absolute atomic E-state index is 0.0797. The third kappa shape index (κ3) is 7.25. The van der Waals surface area contributed by atoms with Gasteiger partial charge in [0.15, 0.2) is 0 Å². The van der Waals surface area contributed by atoms with Gasteiger partial charge in [-0.3, -0.25) is 0 Å². The van der Waals surface area contributed by atoms with E-state index in [9.17, 15) is 8.42 Å². The number of para-hydroxylation sites is 1. The molecule has 0 aliphatic carbocycles. The number of nitrogens with zero attached hydrogens (tertiary/aromatic N) is 3. The van der Waals surface area contributed by atoms with Crippen molar-refractivity contribution in [2.75, 3.05) is 31.3 Å². The van der Waals surface area contributed by atoms with Gasteiger partial charge in [0.1, 0.15) is 17.2 Å². The fraction of sp³-hybridized carbons (Fsp3) is 0.357. The Hall–Kier alpha value is -3.67. The number of aromatic nitrogens is 3. The lowest BCUT2D eigenvalue weighted by Gasteiger charge is -2.26. The van der Waals surface area contributed by atoms with Crippen LogP contribution in [0.1, 0.15) is 37.0 Å². The fourth-order valence-corrected chi connectivity index (χ4v) is 4.86. The molecule has 11 heteroatoms. The van der Waals surface area contributed by atoms with Crippen molar-refractivity contribution in [2.24, 2.45) is 0 Å². The smallest absolute Gasteiger partial charge is 0.231 e. The Morgan fingerprint density at radius 3 is 2.59 bits per heavy atom. The lowest BCUT2D eigenvalue weighted by Crippen LogP contribution is -2.26. The van der Waals surface area contributed by atoms with Gasteiger partial charge in [-0.15, -0.1) is 0 Å². The standard InChI is InChI=1S/C24H26N6O.C4H11NO2S/c1-15-6-4-5-7-19(15)26-23-18-8-10-25-22(18)28-24(29-23)27-20-12-17-14-30(2)11-9-16(17)13-21(20)31-3;1-3-4(2)5-8(6)7/h4-8,10,12-13H,9,11,14H2,1-3H3,(H3,25,26,27,28,29);4,8H,3H2,1-2H3,(H,5,6,7). The van der Waals surface area contributed by atoms with Gasteiger partial charge < -0.3 is 25.3 Å². The van der Waals surface area contributed by atoms with Gasteiger partial charge in [-0.1, -0.05) is 25.1 Å². The highest BCUT2D eigenvalue weighted by Gasteiger charge is 2.18. The molecule has 1 aliphatic rings. The van der Waals surface area contributed by atoms with Crippen molar-refractivity contribution in [1.82, 2.24) is 24.6 Å². The number of thiol groups is 1. The van der Waals surface area contributed by atoms with Gasteiger partial charge in [0.25, 0.3) is 0 Å². The number of fused-ring (bicyclic) bond motifs is 2. The minimum Gasteiger partial charge on any atom is -0.495 e. The fourth-order valence-electron chi connectivity index (χ4n) is 4.32. The van der Waals surface area contributed by atoms with Crippen LogP contribution in [-0.2, 0) is 23.9 Å². The number of ether oxygens (including phenoxy) is 1. The van der Waals surface area contributed by atoms with Crippen LogP contribution in [-0.4, -0.2) is 55.0 Å². The zero-order valence-corrected chi connectivity index (χ0v) is 23.9. The zero-order chi connectivity index (χ0) is 27.9. The van der Waals surface area contributed by atoms with Crippen LogP contribution in [0.2, 0.25) is 0 Å². The molecule has 1 unspecified atom stereocenters. The summed E-state index contributed by atoms with van der Waals surface area (Å²) in [5.41, 5.74) is 6.44. The van der Waals surface area contributed by atoms with Gasteiger partial charge in [0.05, 0.1) is 18.2 Å². The van der Waals surface area contributed by atoms with Crippen molar-refractivity contribution in [3.8, 4) is 5.75 Å². The quantitative estimate of drug-likeness (QED) is 0.201. The van der Waals surface area contributed by atoms with Crippen LogP contribution in [0, 0.1) is 6.92 Å². The van der Waals surface area contributed by atoms with E-state index in [1.165, 1.54) is 11.1 Å². The molecule has 0 spiro atoms. The molecule has 0 saturated heterocycles. The van der Waals surface area contributed by atoms with Crippen molar-refractivity contribution < 1.29 is 13.2 Å². The molecule has 39 heavy (non-hydrogen) atoms. The van der Waals surface area contributed by atoms with Crippen LogP contribution in [0.4, 0.5) is 23.1 Å². The lowest BCUT2D eigenvalue weighted by molar-refractivity contribution is 0.312. The summed E-state index contributed by atoms with van der Waals surface area (Å²) in [6, 6.07) is 14.5. The molecule has 0 amide bonds. The van der Waals surface area contributed by atoms with E-state index in [2.05, 4.69) is 62.4 Å². The first kappa shape index (κ1) is 28.3.